The minimum atomic E-state index is -0.157. The highest BCUT2D eigenvalue weighted by Gasteiger charge is 2.24. The van der Waals surface area contributed by atoms with Crippen LogP contribution >= 0.6 is 11.8 Å². The van der Waals surface area contributed by atoms with Gasteiger partial charge >= 0.3 is 0 Å². The van der Waals surface area contributed by atoms with Crippen molar-refractivity contribution in [2.24, 2.45) is 15.9 Å². The molecule has 0 aliphatic heterocycles. The van der Waals surface area contributed by atoms with E-state index in [1.807, 2.05) is 12.3 Å². The van der Waals surface area contributed by atoms with Gasteiger partial charge in [-0.25, -0.2) is 0 Å². The predicted molar refractivity (Wildman–Crippen MR) is 98.2 cm³/mol. The topological polar surface area (TPSA) is 71.0 Å². The molecule has 0 spiro atoms. The molecule has 1 aromatic carbocycles. The highest BCUT2D eigenvalue weighted by molar-refractivity contribution is 8.13. The first-order valence-corrected chi connectivity index (χ1v) is 8.47. The molecular formula is C17H27N3OS. The third-order valence-electron chi connectivity index (χ3n) is 3.38. The van der Waals surface area contributed by atoms with E-state index in [0.29, 0.717) is 10.7 Å². The van der Waals surface area contributed by atoms with E-state index in [0.717, 1.165) is 11.1 Å². The molecule has 22 heavy (non-hydrogen) atoms. The van der Waals surface area contributed by atoms with Crippen LogP contribution in [-0.2, 0) is 10.8 Å². The number of phenols is 1. The minimum Gasteiger partial charge on any atom is -0.507 e. The highest BCUT2D eigenvalue weighted by Crippen LogP contribution is 2.37. The molecule has 5 heteroatoms. The van der Waals surface area contributed by atoms with E-state index in [4.69, 9.17) is 5.73 Å². The van der Waals surface area contributed by atoms with Gasteiger partial charge < -0.3 is 10.8 Å². The van der Waals surface area contributed by atoms with E-state index in [9.17, 15) is 5.11 Å². The molecule has 0 unspecified atom stereocenters. The first kappa shape index (κ1) is 18.6. The number of nitrogens with two attached hydrogens (primary N) is 1. The van der Waals surface area contributed by atoms with Crippen LogP contribution in [0, 0.1) is 0 Å². The molecule has 1 rings (SSSR count). The Balaban J connectivity index is 3.44. The molecule has 0 saturated heterocycles. The standard InChI is InChI=1S/C17H27N3OS/c1-16(2,3)12-8-11(10-19-20-15(18)22-7)14(21)13(9-12)17(4,5)6/h8-10,21H,1-7H3,(H2,18,20). The predicted octanol–water partition coefficient (Wildman–Crippen LogP) is 4.00. The van der Waals surface area contributed by atoms with Crippen LogP contribution in [-0.4, -0.2) is 22.7 Å². The third-order valence-corrected chi connectivity index (χ3v) is 3.88. The van der Waals surface area contributed by atoms with Gasteiger partial charge in [0.2, 0.25) is 0 Å². The molecule has 0 amide bonds. The molecule has 0 saturated carbocycles. The average molecular weight is 321 g/mol. The first-order chi connectivity index (χ1) is 9.96. The van der Waals surface area contributed by atoms with E-state index in [1.165, 1.54) is 11.8 Å². The van der Waals surface area contributed by atoms with Crippen LogP contribution in [0.15, 0.2) is 22.3 Å². The number of hydrogen-bond acceptors (Lipinski definition) is 4. The lowest BCUT2D eigenvalue weighted by molar-refractivity contribution is 0.444. The Hall–Kier alpha value is -1.49. The Bertz CT molecular complexity index is 593. The van der Waals surface area contributed by atoms with Gasteiger partial charge in [0, 0.05) is 11.1 Å². The molecule has 1 aromatic rings. The first-order valence-electron chi connectivity index (χ1n) is 7.25. The van der Waals surface area contributed by atoms with Crippen molar-refractivity contribution >= 4 is 23.1 Å². The molecule has 0 atom stereocenters. The summed E-state index contributed by atoms with van der Waals surface area (Å²) >= 11 is 1.33. The second kappa shape index (κ2) is 6.73. The van der Waals surface area contributed by atoms with E-state index in [2.05, 4.69) is 57.8 Å². The molecule has 0 heterocycles. The van der Waals surface area contributed by atoms with Crippen molar-refractivity contribution < 1.29 is 5.11 Å². The van der Waals surface area contributed by atoms with Crippen LogP contribution in [0.3, 0.4) is 0 Å². The van der Waals surface area contributed by atoms with E-state index < -0.39 is 0 Å². The van der Waals surface area contributed by atoms with Crippen LogP contribution in [0.5, 0.6) is 5.75 Å². The Morgan fingerprint density at radius 1 is 1.14 bits per heavy atom. The van der Waals surface area contributed by atoms with Crippen LogP contribution in [0.4, 0.5) is 0 Å². The van der Waals surface area contributed by atoms with Crippen LogP contribution in [0.25, 0.3) is 0 Å². The Kier molecular flexibility index (Phi) is 5.68. The van der Waals surface area contributed by atoms with Crippen molar-refractivity contribution in [3.05, 3.63) is 28.8 Å². The second-order valence-electron chi connectivity index (χ2n) is 7.35. The number of amidine groups is 1. The van der Waals surface area contributed by atoms with Crippen molar-refractivity contribution in [1.82, 2.24) is 0 Å². The molecule has 122 valence electrons. The number of nitrogens with zero attached hydrogens (tertiary/aromatic N) is 2. The third kappa shape index (κ3) is 4.77. The summed E-state index contributed by atoms with van der Waals surface area (Å²) in [7, 11) is 0. The van der Waals surface area contributed by atoms with Crippen LogP contribution in [0.2, 0.25) is 0 Å². The van der Waals surface area contributed by atoms with Gasteiger partial charge in [-0.2, -0.15) is 5.10 Å². The van der Waals surface area contributed by atoms with Gasteiger partial charge in [0.25, 0.3) is 0 Å². The van der Waals surface area contributed by atoms with Gasteiger partial charge in [-0.3, -0.25) is 0 Å². The zero-order valence-electron chi connectivity index (χ0n) is 14.6. The summed E-state index contributed by atoms with van der Waals surface area (Å²) in [5, 5.41) is 18.8. The van der Waals surface area contributed by atoms with Gasteiger partial charge in [0.15, 0.2) is 5.17 Å². The summed E-state index contributed by atoms with van der Waals surface area (Å²) in [4.78, 5) is 0. The summed E-state index contributed by atoms with van der Waals surface area (Å²) in [6.07, 6.45) is 3.40. The van der Waals surface area contributed by atoms with Gasteiger partial charge in [-0.15, -0.1) is 5.10 Å². The Labute approximate surface area is 137 Å². The van der Waals surface area contributed by atoms with Crippen LogP contribution in [0.1, 0.15) is 58.2 Å². The number of hydrogen-bond donors (Lipinski definition) is 2. The number of rotatable bonds is 2. The normalized spacial score (nSPS) is 13.9. The van der Waals surface area contributed by atoms with Crippen molar-refractivity contribution in [2.45, 2.75) is 52.4 Å². The molecular weight excluding hydrogens is 294 g/mol. The molecule has 0 aliphatic carbocycles. The number of aromatic hydroxyl groups is 1. The zero-order valence-corrected chi connectivity index (χ0v) is 15.4. The quantitative estimate of drug-likeness (QED) is 0.491. The van der Waals surface area contributed by atoms with E-state index >= 15 is 0 Å². The fourth-order valence-corrected chi connectivity index (χ4v) is 2.08. The second-order valence-corrected chi connectivity index (χ2v) is 8.18. The molecule has 0 radical (unpaired) electrons. The summed E-state index contributed by atoms with van der Waals surface area (Å²) in [5.74, 6) is 0.252. The SMILES string of the molecule is CS/C(N)=N\N=Cc1cc(C(C)(C)C)cc(C(C)(C)C)c1O. The number of benzene rings is 1. The lowest BCUT2D eigenvalue weighted by Crippen LogP contribution is -2.17. The summed E-state index contributed by atoms with van der Waals surface area (Å²) in [5.41, 5.74) is 8.16. The summed E-state index contributed by atoms with van der Waals surface area (Å²) < 4.78 is 0. The number of phenolic OH excluding ortho intramolecular Hbond substituents is 1. The molecule has 0 bridgehead atoms. The van der Waals surface area contributed by atoms with Gasteiger partial charge in [-0.1, -0.05) is 59.4 Å². The van der Waals surface area contributed by atoms with Crippen molar-refractivity contribution in [1.29, 1.82) is 0 Å². The van der Waals surface area contributed by atoms with Crippen LogP contribution < -0.4 is 5.73 Å². The largest absolute Gasteiger partial charge is 0.507 e. The molecule has 0 aliphatic rings. The fourth-order valence-electron chi connectivity index (χ4n) is 1.95. The fraction of sp³-hybridized carbons (Fsp3) is 0.529. The van der Waals surface area contributed by atoms with Crippen molar-refractivity contribution in [3.63, 3.8) is 0 Å². The molecule has 4 nitrogen and oxygen atoms in total. The van der Waals surface area contributed by atoms with Gasteiger partial charge in [-0.05, 0) is 28.7 Å². The molecule has 0 aromatic heterocycles. The zero-order chi connectivity index (χ0) is 17.1. The lowest BCUT2D eigenvalue weighted by atomic mass is 9.79. The minimum absolute atomic E-state index is 0.0160. The molecule has 3 N–H and O–H groups in total. The van der Waals surface area contributed by atoms with E-state index in [1.54, 1.807) is 6.21 Å². The maximum absolute atomic E-state index is 10.6. The Morgan fingerprint density at radius 3 is 2.18 bits per heavy atom. The monoisotopic (exact) mass is 321 g/mol. The average Bonchev–Trinajstić information content (AvgIpc) is 2.37. The van der Waals surface area contributed by atoms with Gasteiger partial charge in [0.1, 0.15) is 5.75 Å². The maximum Gasteiger partial charge on any atom is 0.180 e. The lowest BCUT2D eigenvalue weighted by Gasteiger charge is -2.26. The van der Waals surface area contributed by atoms with Crippen molar-refractivity contribution in [3.8, 4) is 5.75 Å². The number of thioether (sulfide) groups is 1. The highest BCUT2D eigenvalue weighted by atomic mass is 32.2. The van der Waals surface area contributed by atoms with Gasteiger partial charge in [0.05, 0.1) is 6.21 Å². The maximum atomic E-state index is 10.6. The Morgan fingerprint density at radius 2 is 1.73 bits per heavy atom. The van der Waals surface area contributed by atoms with E-state index in [-0.39, 0.29) is 16.6 Å². The van der Waals surface area contributed by atoms with Crippen molar-refractivity contribution in [2.75, 3.05) is 6.26 Å². The summed E-state index contributed by atoms with van der Waals surface area (Å²) in [6.45, 7) is 12.7. The smallest absolute Gasteiger partial charge is 0.180 e. The molecule has 0 fully saturated rings. The summed E-state index contributed by atoms with van der Waals surface area (Å²) in [6, 6.07) is 4.03.